The Kier molecular flexibility index (Phi) is 8.17. The predicted molar refractivity (Wildman–Crippen MR) is 287 cm³/mol. The maximum absolute atomic E-state index is 6.92. The van der Waals surface area contributed by atoms with E-state index >= 15 is 0 Å². The van der Waals surface area contributed by atoms with Crippen molar-refractivity contribution in [1.82, 2.24) is 15.0 Å². The van der Waals surface area contributed by atoms with E-state index in [-0.39, 0.29) is 0 Å². The first-order valence-electron chi connectivity index (χ1n) is 23.2. The Bertz CT molecular complexity index is 4640. The Balaban J connectivity index is 0.971. The highest BCUT2D eigenvalue weighted by Gasteiger charge is 2.23. The third-order valence-electron chi connectivity index (χ3n) is 14.0. The van der Waals surface area contributed by atoms with Crippen LogP contribution in [0.4, 0.5) is 0 Å². The highest BCUT2D eigenvalue weighted by molar-refractivity contribution is 7.26. The van der Waals surface area contributed by atoms with Gasteiger partial charge in [0.1, 0.15) is 22.3 Å². The maximum atomic E-state index is 6.92. The molecular formula is C63H35N3O2S. The molecule has 5 nitrogen and oxygen atoms in total. The van der Waals surface area contributed by atoms with E-state index in [9.17, 15) is 0 Å². The third-order valence-corrected chi connectivity index (χ3v) is 15.2. The van der Waals surface area contributed by atoms with Gasteiger partial charge in [0.25, 0.3) is 0 Å². The molecule has 0 aliphatic carbocycles. The van der Waals surface area contributed by atoms with Gasteiger partial charge in [0, 0.05) is 64.0 Å². The first kappa shape index (κ1) is 38.2. The van der Waals surface area contributed by atoms with Crippen LogP contribution in [0.25, 0.3) is 153 Å². The number of hydrogen-bond donors (Lipinski definition) is 0. The maximum Gasteiger partial charge on any atom is 0.167 e. The number of nitrogens with zero attached hydrogens (tertiary/aromatic N) is 3. The molecule has 15 rings (SSSR count). The lowest BCUT2D eigenvalue weighted by Gasteiger charge is -2.15. The van der Waals surface area contributed by atoms with Crippen molar-refractivity contribution < 1.29 is 8.83 Å². The molecule has 0 N–H and O–H groups in total. The standard InChI is InChI=1S/C63H35N3O2S/c1-2-16-37-36(15-1)35-53(42-18-4-3-17-38(37)42)63-65-61(64-62(66-63)52-29-13-25-46-43-19-5-8-30-54(43)67-58(46)52)50-28-12-22-39-40(23-11-24-41(39)50)45-33-34-47(59-57(45)51-21-6-9-31-55(51)68-59)49-27-14-26-48-44-20-7-10-32-56(44)69-60(48)49/h1-35H. The van der Waals surface area contributed by atoms with E-state index in [2.05, 4.69) is 188 Å². The van der Waals surface area contributed by atoms with Gasteiger partial charge in [-0.05, 0) is 79.8 Å². The zero-order chi connectivity index (χ0) is 45.2. The minimum atomic E-state index is 0.542. The summed E-state index contributed by atoms with van der Waals surface area (Å²) in [6.45, 7) is 0. The number of fused-ring (bicyclic) bond motifs is 13. The molecule has 0 spiro atoms. The quantitative estimate of drug-likeness (QED) is 0.161. The second-order valence-corrected chi connectivity index (χ2v) is 18.8. The zero-order valence-corrected chi connectivity index (χ0v) is 37.6. The molecule has 11 aromatic carbocycles. The van der Waals surface area contributed by atoms with Crippen LogP contribution in [0.1, 0.15) is 0 Å². The van der Waals surface area contributed by atoms with Gasteiger partial charge in [-0.25, -0.2) is 15.0 Å². The van der Waals surface area contributed by atoms with E-state index in [0.29, 0.717) is 17.5 Å². The van der Waals surface area contributed by atoms with Crippen LogP contribution < -0.4 is 0 Å². The van der Waals surface area contributed by atoms with Crippen molar-refractivity contribution in [2.24, 2.45) is 0 Å². The fourth-order valence-electron chi connectivity index (χ4n) is 10.9. The summed E-state index contributed by atoms with van der Waals surface area (Å²) in [4.78, 5) is 16.2. The van der Waals surface area contributed by atoms with Crippen LogP contribution in [-0.4, -0.2) is 15.0 Å². The second kappa shape index (κ2) is 14.8. The van der Waals surface area contributed by atoms with E-state index in [4.69, 9.17) is 23.8 Å². The van der Waals surface area contributed by atoms with Crippen LogP contribution in [0.5, 0.6) is 0 Å². The van der Waals surface area contributed by atoms with Gasteiger partial charge >= 0.3 is 0 Å². The van der Waals surface area contributed by atoms with Crippen LogP contribution in [0.2, 0.25) is 0 Å². The van der Waals surface area contributed by atoms with E-state index in [1.165, 1.54) is 31.1 Å². The molecule has 0 radical (unpaired) electrons. The van der Waals surface area contributed by atoms with Gasteiger partial charge < -0.3 is 8.83 Å². The molecular weight excluding hydrogens is 863 g/mol. The summed E-state index contributed by atoms with van der Waals surface area (Å²) in [5.41, 5.74) is 10.4. The van der Waals surface area contributed by atoms with Crippen molar-refractivity contribution >= 4 is 108 Å². The van der Waals surface area contributed by atoms with Crippen LogP contribution in [-0.2, 0) is 0 Å². The Labute approximate surface area is 398 Å². The van der Waals surface area contributed by atoms with Gasteiger partial charge in [0.15, 0.2) is 17.5 Å². The summed E-state index contributed by atoms with van der Waals surface area (Å²) in [5.74, 6) is 1.71. The number of hydrogen-bond acceptors (Lipinski definition) is 6. The van der Waals surface area contributed by atoms with Crippen molar-refractivity contribution in [2.45, 2.75) is 0 Å². The summed E-state index contributed by atoms with van der Waals surface area (Å²) < 4.78 is 16.1. The van der Waals surface area contributed by atoms with Gasteiger partial charge in [-0.15, -0.1) is 11.3 Å². The van der Waals surface area contributed by atoms with Crippen molar-refractivity contribution in [3.05, 3.63) is 212 Å². The molecule has 0 amide bonds. The molecule has 0 saturated heterocycles. The molecule has 4 aromatic heterocycles. The predicted octanol–water partition coefficient (Wildman–Crippen LogP) is 17.8. The zero-order valence-electron chi connectivity index (χ0n) is 36.8. The Hall–Kier alpha value is -8.97. The largest absolute Gasteiger partial charge is 0.455 e. The molecule has 69 heavy (non-hydrogen) atoms. The van der Waals surface area contributed by atoms with Gasteiger partial charge in [-0.3, -0.25) is 0 Å². The highest BCUT2D eigenvalue weighted by Crippen LogP contribution is 2.48. The average Bonchev–Trinajstić information content (AvgIpc) is 4.12. The normalized spacial score (nSPS) is 12.1. The number of furan rings is 2. The van der Waals surface area contributed by atoms with Crippen molar-refractivity contribution in [1.29, 1.82) is 0 Å². The lowest BCUT2D eigenvalue weighted by atomic mass is 9.90. The van der Waals surface area contributed by atoms with E-state index < -0.39 is 0 Å². The monoisotopic (exact) mass is 897 g/mol. The summed E-state index contributed by atoms with van der Waals surface area (Å²) in [6.07, 6.45) is 0. The number of para-hydroxylation sites is 3. The average molecular weight is 898 g/mol. The van der Waals surface area contributed by atoms with Crippen molar-refractivity contribution in [2.75, 3.05) is 0 Å². The van der Waals surface area contributed by atoms with Crippen LogP contribution >= 0.6 is 11.3 Å². The van der Waals surface area contributed by atoms with Crippen LogP contribution in [0.15, 0.2) is 221 Å². The summed E-state index contributed by atoms with van der Waals surface area (Å²) >= 11 is 1.84. The lowest BCUT2D eigenvalue weighted by molar-refractivity contribution is 0.669. The topological polar surface area (TPSA) is 65.0 Å². The van der Waals surface area contributed by atoms with Crippen LogP contribution in [0, 0.1) is 0 Å². The summed E-state index contributed by atoms with van der Waals surface area (Å²) in [5, 5.41) is 13.4. The van der Waals surface area contributed by atoms with Gasteiger partial charge in [-0.2, -0.15) is 0 Å². The summed E-state index contributed by atoms with van der Waals surface area (Å²) in [7, 11) is 0. The smallest absolute Gasteiger partial charge is 0.167 e. The molecule has 4 heterocycles. The number of rotatable bonds is 5. The molecule has 0 saturated carbocycles. The SMILES string of the molecule is c1ccc2c(c1)cc(-c1nc(-c3cccc4c(-c5ccc(-c6cccc7c6sc6ccccc67)c6oc7ccccc7c56)cccc34)nc(-c3cccc4c3oc3ccccc34)n1)c1ccccc12. The van der Waals surface area contributed by atoms with Gasteiger partial charge in [0.05, 0.1) is 5.56 Å². The number of benzene rings is 11. The molecule has 15 aromatic rings. The van der Waals surface area contributed by atoms with Crippen LogP contribution in [0.3, 0.4) is 0 Å². The first-order chi connectivity index (χ1) is 34.2. The second-order valence-electron chi connectivity index (χ2n) is 17.7. The molecule has 0 bridgehead atoms. The highest BCUT2D eigenvalue weighted by atomic mass is 32.1. The summed E-state index contributed by atoms with van der Waals surface area (Å²) in [6, 6.07) is 74.9. The fourth-order valence-corrected chi connectivity index (χ4v) is 12.1. The molecule has 0 fully saturated rings. The molecule has 6 heteroatoms. The minimum absolute atomic E-state index is 0.542. The number of thiophene rings is 1. The van der Waals surface area contributed by atoms with E-state index in [1.807, 2.05) is 35.6 Å². The lowest BCUT2D eigenvalue weighted by Crippen LogP contribution is -2.01. The van der Waals surface area contributed by atoms with Gasteiger partial charge in [-0.1, -0.05) is 176 Å². The third kappa shape index (κ3) is 5.73. The first-order valence-corrected chi connectivity index (χ1v) is 24.0. The molecule has 0 unspecified atom stereocenters. The van der Waals surface area contributed by atoms with Gasteiger partial charge in [0.2, 0.25) is 0 Å². The minimum Gasteiger partial charge on any atom is -0.455 e. The molecule has 0 aliphatic rings. The van der Waals surface area contributed by atoms with Crippen molar-refractivity contribution in [3.8, 4) is 56.4 Å². The fraction of sp³-hybridized carbons (Fsp3) is 0. The Morgan fingerprint density at radius 1 is 0.290 bits per heavy atom. The number of aromatic nitrogens is 3. The Morgan fingerprint density at radius 3 is 1.61 bits per heavy atom. The Morgan fingerprint density at radius 2 is 0.797 bits per heavy atom. The molecule has 0 atom stereocenters. The van der Waals surface area contributed by atoms with Crippen molar-refractivity contribution in [3.63, 3.8) is 0 Å². The molecule has 0 aliphatic heterocycles. The van der Waals surface area contributed by atoms with E-state index in [1.54, 1.807) is 0 Å². The van der Waals surface area contributed by atoms with E-state index in [0.717, 1.165) is 104 Å². The molecule has 320 valence electrons.